The topological polar surface area (TPSA) is 166 Å². The molecule has 4 rings (SSSR count). The van der Waals surface area contributed by atoms with E-state index in [2.05, 4.69) is 20.6 Å². The Bertz CT molecular complexity index is 1550. The summed E-state index contributed by atoms with van der Waals surface area (Å²) in [6.07, 6.45) is 1.69. The third-order valence-corrected chi connectivity index (χ3v) is 5.71. The summed E-state index contributed by atoms with van der Waals surface area (Å²) in [7, 11) is 0. The zero-order valence-corrected chi connectivity index (χ0v) is 18.7. The maximum absolute atomic E-state index is 13.4. The lowest BCUT2D eigenvalue weighted by Crippen LogP contribution is -2.51. The molecule has 0 saturated heterocycles. The third-order valence-electron chi connectivity index (χ3n) is 5.71. The van der Waals surface area contributed by atoms with Crippen molar-refractivity contribution in [2.24, 2.45) is 0 Å². The number of benzene rings is 2. The summed E-state index contributed by atoms with van der Waals surface area (Å²) in [6.45, 7) is 0.771. The van der Waals surface area contributed by atoms with Crippen LogP contribution in [0.1, 0.15) is 18.5 Å². The first-order valence-electron chi connectivity index (χ1n) is 10.8. The van der Waals surface area contributed by atoms with Gasteiger partial charge in [0.1, 0.15) is 18.6 Å². The second kappa shape index (κ2) is 9.67. The summed E-state index contributed by atoms with van der Waals surface area (Å²) >= 11 is 0. The summed E-state index contributed by atoms with van der Waals surface area (Å²) in [4.78, 5) is 68.3. The molecular weight excluding hydrogens is 454 g/mol. The van der Waals surface area contributed by atoms with Gasteiger partial charge in [-0.15, -0.1) is 0 Å². The van der Waals surface area contributed by atoms with E-state index < -0.39 is 47.7 Å². The number of fused-ring (bicyclic) bond motifs is 2. The van der Waals surface area contributed by atoms with E-state index in [0.717, 1.165) is 15.5 Å². The Morgan fingerprint density at radius 3 is 2.34 bits per heavy atom. The van der Waals surface area contributed by atoms with Crippen molar-refractivity contribution in [1.29, 1.82) is 0 Å². The number of aromatic amines is 2. The molecular formula is C24H23N5O6. The van der Waals surface area contributed by atoms with Gasteiger partial charge in [0.15, 0.2) is 0 Å². The molecule has 2 unspecified atom stereocenters. The van der Waals surface area contributed by atoms with Crippen LogP contribution in [0, 0.1) is 0 Å². The minimum absolute atomic E-state index is 0.0133. The minimum atomic E-state index is -1.29. The number of amides is 2. The Morgan fingerprint density at radius 1 is 0.971 bits per heavy atom. The van der Waals surface area contributed by atoms with Gasteiger partial charge in [-0.25, -0.2) is 9.36 Å². The smallest absolute Gasteiger partial charge is 0.329 e. The van der Waals surface area contributed by atoms with Crippen molar-refractivity contribution < 1.29 is 19.5 Å². The van der Waals surface area contributed by atoms with Crippen LogP contribution in [0.5, 0.6) is 0 Å². The molecule has 0 fully saturated rings. The first kappa shape index (κ1) is 23.5. The van der Waals surface area contributed by atoms with Crippen molar-refractivity contribution in [2.45, 2.75) is 25.4 Å². The first-order chi connectivity index (χ1) is 16.8. The van der Waals surface area contributed by atoms with Crippen molar-refractivity contribution in [1.82, 2.24) is 25.2 Å². The summed E-state index contributed by atoms with van der Waals surface area (Å²) in [5.41, 5.74) is 0.446. The molecule has 5 N–H and O–H groups in total. The molecule has 0 saturated carbocycles. The Balaban J connectivity index is 1.74. The molecule has 35 heavy (non-hydrogen) atoms. The lowest BCUT2D eigenvalue weighted by atomic mass is 10.0. The molecule has 0 aliphatic heterocycles. The second-order valence-electron chi connectivity index (χ2n) is 8.07. The molecule has 4 aromatic rings. The van der Waals surface area contributed by atoms with Crippen LogP contribution in [0.3, 0.4) is 0 Å². The van der Waals surface area contributed by atoms with Gasteiger partial charge in [0.2, 0.25) is 11.8 Å². The highest BCUT2D eigenvalue weighted by molar-refractivity contribution is 5.91. The number of rotatable bonds is 8. The number of aromatic nitrogens is 3. The molecule has 0 aliphatic carbocycles. The van der Waals surface area contributed by atoms with Crippen LogP contribution < -0.4 is 21.9 Å². The summed E-state index contributed by atoms with van der Waals surface area (Å²) < 4.78 is 0.849. The number of H-pyrrole nitrogens is 2. The number of carbonyl (C=O) groups excluding carboxylic acids is 2. The zero-order valence-electron chi connectivity index (χ0n) is 18.7. The fourth-order valence-corrected chi connectivity index (χ4v) is 3.96. The quantitative estimate of drug-likeness (QED) is 0.250. The first-order valence-corrected chi connectivity index (χ1v) is 10.8. The molecule has 0 bridgehead atoms. The fourth-order valence-electron chi connectivity index (χ4n) is 3.96. The Morgan fingerprint density at radius 2 is 1.63 bits per heavy atom. The molecule has 0 spiro atoms. The van der Waals surface area contributed by atoms with E-state index in [1.807, 2.05) is 24.3 Å². The number of nitrogens with zero attached hydrogens (tertiary/aromatic N) is 1. The van der Waals surface area contributed by atoms with Crippen molar-refractivity contribution in [2.75, 3.05) is 6.54 Å². The Labute approximate surface area is 197 Å². The van der Waals surface area contributed by atoms with E-state index in [0.29, 0.717) is 11.1 Å². The molecule has 11 nitrogen and oxygen atoms in total. The molecule has 11 heteroatoms. The highest BCUT2D eigenvalue weighted by Gasteiger charge is 2.29. The van der Waals surface area contributed by atoms with Crippen LogP contribution in [0.25, 0.3) is 21.8 Å². The predicted molar refractivity (Wildman–Crippen MR) is 128 cm³/mol. The van der Waals surface area contributed by atoms with Gasteiger partial charge in [-0.1, -0.05) is 30.3 Å². The van der Waals surface area contributed by atoms with Crippen molar-refractivity contribution in [3.8, 4) is 0 Å². The Kier molecular flexibility index (Phi) is 6.49. The van der Waals surface area contributed by atoms with E-state index in [9.17, 15) is 24.0 Å². The number of carbonyl (C=O) groups is 3. The molecule has 2 amide bonds. The van der Waals surface area contributed by atoms with E-state index >= 15 is 0 Å². The van der Waals surface area contributed by atoms with E-state index in [1.165, 1.54) is 6.92 Å². The van der Waals surface area contributed by atoms with Crippen LogP contribution >= 0.6 is 0 Å². The van der Waals surface area contributed by atoms with Crippen molar-refractivity contribution in [3.63, 3.8) is 0 Å². The molecule has 0 radical (unpaired) electrons. The molecule has 2 atom stereocenters. The van der Waals surface area contributed by atoms with Gasteiger partial charge < -0.3 is 25.7 Å². The largest absolute Gasteiger partial charge is 0.480 e. The maximum Gasteiger partial charge on any atom is 0.329 e. The number of aliphatic carboxylic acids is 1. The second-order valence-corrected chi connectivity index (χ2v) is 8.07. The lowest BCUT2D eigenvalue weighted by Gasteiger charge is -2.21. The van der Waals surface area contributed by atoms with Crippen LogP contribution in [0.15, 0.2) is 64.3 Å². The molecule has 180 valence electrons. The third kappa shape index (κ3) is 4.83. The van der Waals surface area contributed by atoms with Crippen LogP contribution in [-0.2, 0) is 20.8 Å². The number of nitrogens with one attached hydrogen (secondary N) is 4. The number of carboxylic acids is 1. The van der Waals surface area contributed by atoms with Gasteiger partial charge in [-0.3, -0.25) is 19.2 Å². The number of para-hydroxylation sites is 2. The van der Waals surface area contributed by atoms with Crippen LogP contribution in [-0.4, -0.2) is 50.0 Å². The van der Waals surface area contributed by atoms with Crippen LogP contribution in [0.2, 0.25) is 0 Å². The standard InChI is InChI=1S/C24H23N5O6/c1-13(21(32)26-12-20(30)31)27-22(33)19(10-14-11-25-17-8-4-2-6-15(14)17)29-23(34)16-7-3-5-9-18(16)28-24(29)35/h2-9,11,13,19,25H,10,12H2,1H3,(H,26,32)(H,27,33)(H,28,35)(H,30,31). The van der Waals surface area contributed by atoms with Gasteiger partial charge in [0.25, 0.3) is 5.56 Å². The summed E-state index contributed by atoms with van der Waals surface area (Å²) in [5, 5.41) is 14.5. The maximum atomic E-state index is 13.4. The van der Waals surface area contributed by atoms with Crippen molar-refractivity contribution in [3.05, 3.63) is 81.1 Å². The normalized spacial score (nSPS) is 12.8. The van der Waals surface area contributed by atoms with Gasteiger partial charge >= 0.3 is 11.7 Å². The van der Waals surface area contributed by atoms with E-state index in [-0.39, 0.29) is 11.8 Å². The van der Waals surface area contributed by atoms with E-state index in [1.54, 1.807) is 30.5 Å². The average molecular weight is 477 g/mol. The van der Waals surface area contributed by atoms with Gasteiger partial charge in [-0.2, -0.15) is 0 Å². The highest BCUT2D eigenvalue weighted by atomic mass is 16.4. The fraction of sp³-hybridized carbons (Fsp3) is 0.208. The molecule has 2 heterocycles. The summed E-state index contributed by atoms with van der Waals surface area (Å²) in [5.74, 6) is -2.69. The monoisotopic (exact) mass is 477 g/mol. The van der Waals surface area contributed by atoms with Crippen molar-refractivity contribution >= 4 is 39.6 Å². The van der Waals surface area contributed by atoms with Gasteiger partial charge in [-0.05, 0) is 30.7 Å². The number of hydrogen-bond donors (Lipinski definition) is 5. The minimum Gasteiger partial charge on any atom is -0.480 e. The lowest BCUT2D eigenvalue weighted by molar-refractivity contribution is -0.138. The molecule has 0 aliphatic rings. The summed E-state index contributed by atoms with van der Waals surface area (Å²) in [6, 6.07) is 11.5. The van der Waals surface area contributed by atoms with E-state index in [4.69, 9.17) is 5.11 Å². The number of carboxylic acid groups (broad SMARTS) is 1. The zero-order chi connectivity index (χ0) is 25.1. The van der Waals surface area contributed by atoms with Crippen LogP contribution in [0.4, 0.5) is 0 Å². The SMILES string of the molecule is CC(NC(=O)C(Cc1c[nH]c2ccccc12)n1c(=O)[nH]c2ccccc2c1=O)C(=O)NCC(=O)O. The predicted octanol–water partition coefficient (Wildman–Crippen LogP) is 0.660. The van der Waals surface area contributed by atoms with Gasteiger partial charge in [0.05, 0.1) is 10.9 Å². The Hall–Kier alpha value is -4.67. The molecule has 2 aromatic carbocycles. The highest BCUT2D eigenvalue weighted by Crippen LogP contribution is 2.22. The number of hydrogen-bond acceptors (Lipinski definition) is 5. The van der Waals surface area contributed by atoms with Gasteiger partial charge in [0, 0.05) is 23.5 Å². The molecule has 2 aromatic heterocycles. The average Bonchev–Trinajstić information content (AvgIpc) is 3.24.